The number of hydrogen-bond acceptors (Lipinski definition) is 15. The van der Waals surface area contributed by atoms with Gasteiger partial charge in [0.1, 0.15) is 42.5 Å². The molecule has 1 fully saturated rings. The smallest absolute Gasteiger partial charge is 0.319 e. The molecule has 0 amide bonds. The van der Waals surface area contributed by atoms with Crippen LogP contribution in [-0.2, 0) is 38.1 Å². The molecule has 1 saturated heterocycles. The maximum Gasteiger partial charge on any atom is 0.319 e. The Morgan fingerprint density at radius 2 is 1.24 bits per heavy atom. The minimum absolute atomic E-state index is 0. The zero-order valence-electron chi connectivity index (χ0n) is 31.9. The van der Waals surface area contributed by atoms with Crippen LogP contribution < -0.4 is 9.47 Å². The Morgan fingerprint density at radius 1 is 0.782 bits per heavy atom. The third-order valence-electron chi connectivity index (χ3n) is 7.78. The number of hydrogen-bond donors (Lipinski definition) is 4. The van der Waals surface area contributed by atoms with Crippen LogP contribution in [0, 0.1) is 11.8 Å². The fourth-order valence-corrected chi connectivity index (χ4v) is 4.49. The van der Waals surface area contributed by atoms with Gasteiger partial charge in [-0.3, -0.25) is 28.8 Å². The second kappa shape index (κ2) is 23.9. The van der Waals surface area contributed by atoms with Crippen LogP contribution in [0.4, 0.5) is 0 Å². The summed E-state index contributed by atoms with van der Waals surface area (Å²) in [5, 5.41) is 36.7. The third kappa shape index (κ3) is 18.0. The standard InChI is InChI=1S/C19H26O8.C12H16O4.C7H10O4.CH4/c1-12(25-4)15(11-16(20)21)18(23)27-10-9-26-14-7-5-13(6-8-14)17(22)19(2,3)24;1-12(2,15)11(14)9-3-5-10(6-4-9)16-8-7-13;1-4(10-2)5-3-6(8)11-7(5)9;/h5-8,12,15,24H,9-11H2,1-4H3,(H,20,21);3-6,13,15H,7-8H2,1-2H3;4-5H,3H2,1-2H3;1H4. The zero-order chi connectivity index (χ0) is 41.2. The van der Waals surface area contributed by atoms with Crippen molar-refractivity contribution in [3.8, 4) is 11.5 Å². The second-order valence-electron chi connectivity index (χ2n) is 13.1. The molecule has 1 heterocycles. The second-order valence-corrected chi connectivity index (χ2v) is 13.1. The van der Waals surface area contributed by atoms with Gasteiger partial charge in [-0.25, -0.2) is 0 Å². The molecular weight excluding hydrogens is 724 g/mol. The van der Waals surface area contributed by atoms with Crippen LogP contribution in [-0.4, -0.2) is 120 Å². The SMILES string of the molecule is C.CC(C)(O)C(=O)c1ccc(OCCO)cc1.COC(C)C(CC(=O)O)C(=O)OCCOc1ccc(C(=O)C(C)(C)O)cc1.COC(C)C1CC(=O)OC1=O. The first kappa shape index (κ1) is 50.3. The molecule has 0 bridgehead atoms. The van der Waals surface area contributed by atoms with Crippen LogP contribution in [0.25, 0.3) is 0 Å². The highest BCUT2D eigenvalue weighted by Gasteiger charge is 2.37. The highest BCUT2D eigenvalue weighted by molar-refractivity contribution is 6.02. The van der Waals surface area contributed by atoms with Gasteiger partial charge in [-0.15, -0.1) is 0 Å². The number of carbonyl (C=O) groups is 6. The van der Waals surface area contributed by atoms with Crippen molar-refractivity contribution in [3.05, 3.63) is 59.7 Å². The van der Waals surface area contributed by atoms with Gasteiger partial charge < -0.3 is 48.8 Å². The van der Waals surface area contributed by atoms with E-state index in [4.69, 9.17) is 33.9 Å². The molecule has 0 aromatic heterocycles. The molecule has 2 aromatic carbocycles. The van der Waals surface area contributed by atoms with E-state index in [1.165, 1.54) is 54.0 Å². The minimum Gasteiger partial charge on any atom is -0.491 e. The van der Waals surface area contributed by atoms with Crippen molar-refractivity contribution in [1.82, 2.24) is 0 Å². The topological polar surface area (TPSA) is 239 Å². The van der Waals surface area contributed by atoms with Crippen LogP contribution in [0.1, 0.15) is 82.5 Å². The predicted octanol–water partition coefficient (Wildman–Crippen LogP) is 3.45. The molecule has 0 saturated carbocycles. The molecule has 0 radical (unpaired) electrons. The molecule has 1 aliphatic rings. The molecule has 4 unspecified atom stereocenters. The summed E-state index contributed by atoms with van der Waals surface area (Å²) >= 11 is 0. The molecule has 0 aliphatic carbocycles. The van der Waals surface area contributed by atoms with Gasteiger partial charge in [-0.2, -0.15) is 0 Å². The molecule has 16 nitrogen and oxygen atoms in total. The van der Waals surface area contributed by atoms with E-state index in [0.29, 0.717) is 22.6 Å². The van der Waals surface area contributed by atoms with E-state index in [0.717, 1.165) is 0 Å². The first-order valence-corrected chi connectivity index (χ1v) is 17.0. The van der Waals surface area contributed by atoms with Crippen molar-refractivity contribution in [1.29, 1.82) is 0 Å². The summed E-state index contributed by atoms with van der Waals surface area (Å²) in [5.41, 5.74) is -2.04. The molecule has 2 aromatic rings. The lowest BCUT2D eigenvalue weighted by Crippen LogP contribution is -2.32. The molecule has 4 N–H and O–H groups in total. The molecule has 3 rings (SSSR count). The van der Waals surface area contributed by atoms with Gasteiger partial charge in [0, 0.05) is 25.3 Å². The third-order valence-corrected chi connectivity index (χ3v) is 7.78. The van der Waals surface area contributed by atoms with Crippen molar-refractivity contribution in [2.75, 3.05) is 40.6 Å². The number of methoxy groups -OCH3 is 2. The summed E-state index contributed by atoms with van der Waals surface area (Å²) in [5.74, 6) is -3.70. The fraction of sp³-hybridized carbons (Fsp3) is 0.538. The Bertz CT molecular complexity index is 1520. The summed E-state index contributed by atoms with van der Waals surface area (Å²) in [6.45, 7) is 9.24. The highest BCUT2D eigenvalue weighted by atomic mass is 16.6. The molecule has 308 valence electrons. The Morgan fingerprint density at radius 3 is 1.58 bits per heavy atom. The normalized spacial score (nSPS) is 15.3. The van der Waals surface area contributed by atoms with E-state index in [1.807, 2.05) is 0 Å². The number of ether oxygens (including phenoxy) is 6. The summed E-state index contributed by atoms with van der Waals surface area (Å²) in [6, 6.07) is 12.7. The first-order chi connectivity index (χ1) is 25.2. The number of carboxylic acid groups (broad SMARTS) is 1. The van der Waals surface area contributed by atoms with E-state index in [2.05, 4.69) is 4.74 Å². The molecule has 1 aliphatic heterocycles. The van der Waals surface area contributed by atoms with Crippen molar-refractivity contribution < 1.29 is 77.6 Å². The molecule has 16 heteroatoms. The molecule has 55 heavy (non-hydrogen) atoms. The van der Waals surface area contributed by atoms with Crippen molar-refractivity contribution in [2.45, 2.75) is 85.2 Å². The average Bonchev–Trinajstić information content (AvgIpc) is 3.47. The monoisotopic (exact) mass is 780 g/mol. The number of aliphatic hydroxyl groups is 3. The number of Topliss-reactive ketones (excluding diaryl/α,β-unsaturated/α-hetero) is 2. The van der Waals surface area contributed by atoms with Gasteiger partial charge in [0.15, 0.2) is 11.6 Å². The quantitative estimate of drug-likeness (QED) is 0.0733. The van der Waals surface area contributed by atoms with Crippen molar-refractivity contribution >= 4 is 35.4 Å². The number of cyclic esters (lactones) is 2. The minimum atomic E-state index is -1.46. The molecule has 0 spiro atoms. The van der Waals surface area contributed by atoms with Crippen LogP contribution in [0.3, 0.4) is 0 Å². The fourth-order valence-electron chi connectivity index (χ4n) is 4.49. The highest BCUT2D eigenvalue weighted by Crippen LogP contribution is 2.21. The van der Waals surface area contributed by atoms with Gasteiger partial charge in [0.25, 0.3) is 0 Å². The Kier molecular flexibility index (Phi) is 21.9. The first-order valence-electron chi connectivity index (χ1n) is 17.0. The Labute approximate surface area is 321 Å². The largest absolute Gasteiger partial charge is 0.491 e. The van der Waals surface area contributed by atoms with Gasteiger partial charge >= 0.3 is 23.9 Å². The van der Waals surface area contributed by atoms with E-state index < -0.39 is 58.8 Å². The van der Waals surface area contributed by atoms with Crippen LogP contribution in [0.2, 0.25) is 0 Å². The number of aliphatic carboxylic acids is 1. The van der Waals surface area contributed by atoms with Crippen molar-refractivity contribution in [2.24, 2.45) is 11.8 Å². The predicted molar refractivity (Wildman–Crippen MR) is 198 cm³/mol. The number of benzene rings is 2. The summed E-state index contributed by atoms with van der Waals surface area (Å²) < 4.78 is 29.9. The number of aliphatic hydroxyl groups excluding tert-OH is 1. The van der Waals surface area contributed by atoms with Crippen molar-refractivity contribution in [3.63, 3.8) is 0 Å². The maximum absolute atomic E-state index is 12.0. The van der Waals surface area contributed by atoms with Gasteiger partial charge in [-0.05, 0) is 90.1 Å². The Balaban J connectivity index is 0.000000877. The number of carbonyl (C=O) groups excluding carboxylic acids is 5. The van der Waals surface area contributed by atoms with Crippen LogP contribution >= 0.6 is 0 Å². The van der Waals surface area contributed by atoms with Gasteiger partial charge in [0.2, 0.25) is 0 Å². The van der Waals surface area contributed by atoms with Gasteiger partial charge in [-0.1, -0.05) is 7.43 Å². The van der Waals surface area contributed by atoms with E-state index in [1.54, 1.807) is 50.2 Å². The van der Waals surface area contributed by atoms with Crippen LogP contribution in [0.5, 0.6) is 11.5 Å². The number of carboxylic acids is 1. The van der Waals surface area contributed by atoms with E-state index >= 15 is 0 Å². The van der Waals surface area contributed by atoms with E-state index in [-0.39, 0.29) is 58.6 Å². The average molecular weight is 781 g/mol. The van der Waals surface area contributed by atoms with E-state index in [9.17, 15) is 39.0 Å². The molecule has 4 atom stereocenters. The summed E-state index contributed by atoms with van der Waals surface area (Å²) in [4.78, 5) is 67.9. The number of ketones is 2. The van der Waals surface area contributed by atoms with Gasteiger partial charge in [0.05, 0.1) is 43.5 Å². The summed E-state index contributed by atoms with van der Waals surface area (Å²) in [7, 11) is 2.89. The summed E-state index contributed by atoms with van der Waals surface area (Å²) in [6.07, 6.45) is -1.07. The lowest BCUT2D eigenvalue weighted by molar-refractivity contribution is -0.158. The lowest BCUT2D eigenvalue weighted by atomic mass is 9.97. The number of esters is 3. The Hall–Kier alpha value is -4.74. The lowest BCUT2D eigenvalue weighted by Gasteiger charge is -2.19. The maximum atomic E-state index is 12.0. The number of rotatable bonds is 18. The zero-order valence-corrected chi connectivity index (χ0v) is 31.9. The molecular formula is C39H56O16. The van der Waals surface area contributed by atoms with Crippen LogP contribution in [0.15, 0.2) is 48.5 Å².